The number of rotatable bonds is 6. The Morgan fingerprint density at radius 2 is 1.93 bits per heavy atom. The summed E-state index contributed by atoms with van der Waals surface area (Å²) in [6, 6.07) is 2.68. The van der Waals surface area contributed by atoms with Crippen molar-refractivity contribution in [1.82, 2.24) is 9.21 Å². The first kappa shape index (κ1) is 20.6. The van der Waals surface area contributed by atoms with Crippen LogP contribution in [0.15, 0.2) is 35.7 Å². The zero-order valence-electron chi connectivity index (χ0n) is 15.0. The summed E-state index contributed by atoms with van der Waals surface area (Å²) in [6.45, 7) is 4.62. The molecular weight excluding hydrogens is 411 g/mol. The molecule has 3 rings (SSSR count). The average Bonchev–Trinajstić information content (AvgIpc) is 2.62. The van der Waals surface area contributed by atoms with E-state index in [4.69, 9.17) is 27.9 Å². The summed E-state index contributed by atoms with van der Waals surface area (Å²) in [5.74, 6) is -0.218. The minimum absolute atomic E-state index is 0.00199. The molecular formula is C18H22Cl2N2O4S. The summed E-state index contributed by atoms with van der Waals surface area (Å²) in [5.41, 5.74) is 0. The van der Waals surface area contributed by atoms with Gasteiger partial charge in [0.25, 0.3) is 0 Å². The van der Waals surface area contributed by atoms with Gasteiger partial charge in [-0.15, -0.1) is 6.58 Å². The first-order chi connectivity index (χ1) is 12.8. The molecule has 0 spiro atoms. The number of hydrogen-bond donors (Lipinski definition) is 0. The predicted molar refractivity (Wildman–Crippen MR) is 104 cm³/mol. The van der Waals surface area contributed by atoms with Gasteiger partial charge in [0.2, 0.25) is 15.9 Å². The average molecular weight is 433 g/mol. The third-order valence-electron chi connectivity index (χ3n) is 5.12. The van der Waals surface area contributed by atoms with E-state index in [0.717, 1.165) is 6.42 Å². The molecule has 3 atom stereocenters. The number of ether oxygens (including phenoxy) is 1. The molecule has 2 aliphatic heterocycles. The van der Waals surface area contributed by atoms with Crippen molar-refractivity contribution in [1.29, 1.82) is 0 Å². The number of piperazine rings is 1. The zero-order chi connectivity index (χ0) is 19.8. The molecule has 2 bridgehead atoms. The van der Waals surface area contributed by atoms with E-state index in [0.29, 0.717) is 26.0 Å². The van der Waals surface area contributed by atoms with Crippen molar-refractivity contribution in [2.24, 2.45) is 0 Å². The minimum atomic E-state index is -3.95. The van der Waals surface area contributed by atoms with Gasteiger partial charge in [-0.3, -0.25) is 4.79 Å². The molecule has 2 aliphatic rings. The SMILES string of the molecule is C=C[C@@H]1[C@@H]2CCCC(C(=O)N1CCOC)N2S(=O)(=O)c1cc(Cl)cc(Cl)c1. The Morgan fingerprint density at radius 3 is 2.52 bits per heavy atom. The molecule has 1 unspecified atom stereocenters. The summed E-state index contributed by atoms with van der Waals surface area (Å²) >= 11 is 12.0. The van der Waals surface area contributed by atoms with Crippen molar-refractivity contribution >= 4 is 39.1 Å². The van der Waals surface area contributed by atoms with Crippen LogP contribution in [0.5, 0.6) is 0 Å². The summed E-state index contributed by atoms with van der Waals surface area (Å²) in [6.07, 6.45) is 3.56. The third-order valence-corrected chi connectivity index (χ3v) is 7.47. The number of piperidine rings is 1. The molecule has 2 saturated heterocycles. The minimum Gasteiger partial charge on any atom is -0.383 e. The molecule has 1 amide bonds. The van der Waals surface area contributed by atoms with Crippen LogP contribution in [-0.2, 0) is 19.6 Å². The number of fused-ring (bicyclic) bond motifs is 2. The number of carbonyl (C=O) groups excluding carboxylic acids is 1. The van der Waals surface area contributed by atoms with Gasteiger partial charge in [-0.1, -0.05) is 29.3 Å². The van der Waals surface area contributed by atoms with Crippen LogP contribution in [0.2, 0.25) is 10.0 Å². The Hall–Kier alpha value is -1.12. The molecule has 2 heterocycles. The lowest BCUT2D eigenvalue weighted by atomic mass is 9.87. The number of carbonyl (C=O) groups is 1. The molecule has 27 heavy (non-hydrogen) atoms. The van der Waals surface area contributed by atoms with Crippen LogP contribution in [-0.4, -0.2) is 61.9 Å². The van der Waals surface area contributed by atoms with E-state index in [1.54, 1.807) is 18.1 Å². The van der Waals surface area contributed by atoms with Crippen molar-refractivity contribution in [3.05, 3.63) is 40.9 Å². The molecule has 1 aromatic rings. The van der Waals surface area contributed by atoms with Crippen molar-refractivity contribution in [2.75, 3.05) is 20.3 Å². The van der Waals surface area contributed by atoms with Gasteiger partial charge in [-0.25, -0.2) is 8.42 Å². The number of sulfonamides is 1. The van der Waals surface area contributed by atoms with E-state index >= 15 is 0 Å². The van der Waals surface area contributed by atoms with E-state index in [1.807, 2.05) is 0 Å². The molecule has 0 aromatic heterocycles. The standard InChI is InChI=1S/C18H22Cl2N2O4S/c1-3-15-16-5-4-6-17(18(23)21(15)7-8-26-2)22(16)27(24,25)14-10-12(19)9-13(20)11-14/h3,9-11,15-17H,1,4-8H2,2H3/t15-,16+,17?/m1/s1. The number of likely N-dealkylation sites (tertiary alicyclic amines) is 1. The summed E-state index contributed by atoms with van der Waals surface area (Å²) in [4.78, 5) is 14.8. The fourth-order valence-electron chi connectivity index (χ4n) is 3.98. The van der Waals surface area contributed by atoms with Crippen LogP contribution < -0.4 is 0 Å². The molecule has 6 nitrogen and oxygen atoms in total. The van der Waals surface area contributed by atoms with Gasteiger partial charge in [-0.05, 0) is 37.5 Å². The van der Waals surface area contributed by atoms with Crippen molar-refractivity contribution < 1.29 is 17.9 Å². The topological polar surface area (TPSA) is 66.9 Å². The molecule has 0 radical (unpaired) electrons. The molecule has 148 valence electrons. The van der Waals surface area contributed by atoms with Gasteiger partial charge in [-0.2, -0.15) is 4.31 Å². The summed E-state index contributed by atoms with van der Waals surface area (Å²) in [5, 5.41) is 0.466. The lowest BCUT2D eigenvalue weighted by Gasteiger charge is -2.52. The molecule has 0 N–H and O–H groups in total. The highest BCUT2D eigenvalue weighted by atomic mass is 35.5. The second-order valence-electron chi connectivity index (χ2n) is 6.70. The highest BCUT2D eigenvalue weighted by molar-refractivity contribution is 7.89. The van der Waals surface area contributed by atoms with Gasteiger partial charge in [0.05, 0.1) is 23.6 Å². The Bertz CT molecular complexity index is 826. The second-order valence-corrected chi connectivity index (χ2v) is 9.42. The Morgan fingerprint density at radius 1 is 1.26 bits per heavy atom. The zero-order valence-corrected chi connectivity index (χ0v) is 17.3. The highest BCUT2D eigenvalue weighted by Gasteiger charge is 2.52. The van der Waals surface area contributed by atoms with E-state index in [9.17, 15) is 13.2 Å². The molecule has 0 saturated carbocycles. The number of amides is 1. The fourth-order valence-corrected chi connectivity index (χ4v) is 6.55. The van der Waals surface area contributed by atoms with Crippen molar-refractivity contribution in [3.8, 4) is 0 Å². The number of methoxy groups -OCH3 is 1. The maximum atomic E-state index is 13.4. The number of nitrogens with zero attached hydrogens (tertiary/aromatic N) is 2. The summed E-state index contributed by atoms with van der Waals surface area (Å²) in [7, 11) is -2.38. The molecule has 1 aromatic carbocycles. The lowest BCUT2D eigenvalue weighted by molar-refractivity contribution is -0.147. The maximum Gasteiger partial charge on any atom is 0.244 e. The van der Waals surface area contributed by atoms with Gasteiger partial charge < -0.3 is 9.64 Å². The number of hydrogen-bond acceptors (Lipinski definition) is 4. The number of halogens is 2. The van der Waals surface area contributed by atoms with E-state index < -0.39 is 22.1 Å². The Labute approximate surface area is 169 Å². The quantitative estimate of drug-likeness (QED) is 0.647. The van der Waals surface area contributed by atoms with Crippen LogP contribution in [0.3, 0.4) is 0 Å². The largest absolute Gasteiger partial charge is 0.383 e. The second kappa shape index (κ2) is 8.09. The number of benzene rings is 1. The predicted octanol–water partition coefficient (Wildman–Crippen LogP) is 2.95. The van der Waals surface area contributed by atoms with E-state index in [-0.39, 0.29) is 26.9 Å². The smallest absolute Gasteiger partial charge is 0.244 e. The van der Waals surface area contributed by atoms with Crippen LogP contribution in [0.25, 0.3) is 0 Å². The maximum absolute atomic E-state index is 13.4. The van der Waals surface area contributed by atoms with Gasteiger partial charge in [0.1, 0.15) is 6.04 Å². The van der Waals surface area contributed by atoms with Crippen molar-refractivity contribution in [3.63, 3.8) is 0 Å². The lowest BCUT2D eigenvalue weighted by Crippen LogP contribution is -2.69. The molecule has 9 heteroatoms. The fraction of sp³-hybridized carbons (Fsp3) is 0.500. The van der Waals surface area contributed by atoms with Gasteiger partial charge in [0.15, 0.2) is 0 Å². The van der Waals surface area contributed by atoms with Gasteiger partial charge >= 0.3 is 0 Å². The first-order valence-corrected chi connectivity index (χ1v) is 10.9. The monoisotopic (exact) mass is 432 g/mol. The van der Waals surface area contributed by atoms with Crippen LogP contribution >= 0.6 is 23.2 Å². The first-order valence-electron chi connectivity index (χ1n) is 8.73. The third kappa shape index (κ3) is 3.76. The van der Waals surface area contributed by atoms with Crippen molar-refractivity contribution in [2.45, 2.75) is 42.3 Å². The van der Waals surface area contributed by atoms with Crippen LogP contribution in [0.1, 0.15) is 19.3 Å². The van der Waals surface area contributed by atoms with Gasteiger partial charge in [0, 0.05) is 23.7 Å². The summed E-state index contributed by atoms with van der Waals surface area (Å²) < 4.78 is 33.3. The van der Waals surface area contributed by atoms with E-state index in [2.05, 4.69) is 6.58 Å². The van der Waals surface area contributed by atoms with Crippen LogP contribution in [0.4, 0.5) is 0 Å². The normalized spacial score (nSPS) is 26.3. The molecule has 0 aliphatic carbocycles. The molecule has 2 fully saturated rings. The van der Waals surface area contributed by atoms with E-state index in [1.165, 1.54) is 22.5 Å². The highest BCUT2D eigenvalue weighted by Crippen LogP contribution is 2.38. The Kier molecular flexibility index (Phi) is 6.17. The Balaban J connectivity index is 2.05. The van der Waals surface area contributed by atoms with Crippen LogP contribution in [0, 0.1) is 0 Å².